The SMILES string of the molecule is O=C(NCCOCCO)c1ccc2c(c1)CCNC2. The van der Waals surface area contributed by atoms with Crippen molar-refractivity contribution >= 4 is 5.91 Å². The van der Waals surface area contributed by atoms with Crippen molar-refractivity contribution < 1.29 is 14.6 Å². The highest BCUT2D eigenvalue weighted by Crippen LogP contribution is 2.15. The van der Waals surface area contributed by atoms with Gasteiger partial charge in [-0.2, -0.15) is 0 Å². The van der Waals surface area contributed by atoms with Gasteiger partial charge in [-0.3, -0.25) is 4.79 Å². The number of fused-ring (bicyclic) bond motifs is 1. The van der Waals surface area contributed by atoms with E-state index in [1.165, 1.54) is 11.1 Å². The van der Waals surface area contributed by atoms with Gasteiger partial charge in [-0.25, -0.2) is 0 Å². The Kier molecular flexibility index (Phi) is 5.32. The van der Waals surface area contributed by atoms with Gasteiger partial charge < -0.3 is 20.5 Å². The van der Waals surface area contributed by atoms with Crippen LogP contribution in [-0.4, -0.2) is 43.9 Å². The summed E-state index contributed by atoms with van der Waals surface area (Å²) in [5, 5.41) is 14.7. The monoisotopic (exact) mass is 264 g/mol. The number of benzene rings is 1. The predicted octanol–water partition coefficient (Wildman–Crippen LogP) is 0.0710. The van der Waals surface area contributed by atoms with Crippen molar-refractivity contribution in [2.45, 2.75) is 13.0 Å². The molecule has 0 fully saturated rings. The normalized spacial score (nSPS) is 13.9. The Bertz CT molecular complexity index is 435. The van der Waals surface area contributed by atoms with Crippen molar-refractivity contribution in [1.82, 2.24) is 10.6 Å². The van der Waals surface area contributed by atoms with Gasteiger partial charge in [-0.1, -0.05) is 6.07 Å². The minimum absolute atomic E-state index is 0.00675. The lowest BCUT2D eigenvalue weighted by molar-refractivity contribution is 0.0838. The van der Waals surface area contributed by atoms with Gasteiger partial charge in [0, 0.05) is 18.7 Å². The maximum atomic E-state index is 11.9. The maximum Gasteiger partial charge on any atom is 0.251 e. The third-order valence-corrected chi connectivity index (χ3v) is 3.12. The minimum Gasteiger partial charge on any atom is -0.394 e. The second-order valence-electron chi connectivity index (χ2n) is 4.50. The van der Waals surface area contributed by atoms with Crippen LogP contribution in [0.15, 0.2) is 18.2 Å². The van der Waals surface area contributed by atoms with E-state index in [9.17, 15) is 4.79 Å². The summed E-state index contributed by atoms with van der Waals surface area (Å²) in [5.74, 6) is -0.0751. The van der Waals surface area contributed by atoms with E-state index < -0.39 is 0 Å². The molecule has 3 N–H and O–H groups in total. The van der Waals surface area contributed by atoms with Gasteiger partial charge >= 0.3 is 0 Å². The van der Waals surface area contributed by atoms with Crippen LogP contribution in [-0.2, 0) is 17.7 Å². The molecule has 0 radical (unpaired) electrons. The topological polar surface area (TPSA) is 70.6 Å². The summed E-state index contributed by atoms with van der Waals surface area (Å²) >= 11 is 0. The molecular weight excluding hydrogens is 244 g/mol. The molecule has 19 heavy (non-hydrogen) atoms. The molecule has 0 aliphatic carbocycles. The summed E-state index contributed by atoms with van der Waals surface area (Å²) in [7, 11) is 0. The fraction of sp³-hybridized carbons (Fsp3) is 0.500. The van der Waals surface area contributed by atoms with E-state index in [0.29, 0.717) is 25.3 Å². The van der Waals surface area contributed by atoms with Crippen molar-refractivity contribution in [3.05, 3.63) is 34.9 Å². The Morgan fingerprint density at radius 3 is 3.11 bits per heavy atom. The number of rotatable bonds is 6. The molecule has 1 amide bonds. The average molecular weight is 264 g/mol. The fourth-order valence-corrected chi connectivity index (χ4v) is 2.12. The Balaban J connectivity index is 1.85. The Labute approximate surface area is 113 Å². The van der Waals surface area contributed by atoms with Gasteiger partial charge in [0.05, 0.1) is 19.8 Å². The van der Waals surface area contributed by atoms with Crippen molar-refractivity contribution in [2.75, 3.05) is 32.9 Å². The molecule has 0 unspecified atom stereocenters. The van der Waals surface area contributed by atoms with Crippen LogP contribution in [0.5, 0.6) is 0 Å². The number of hydrogen-bond donors (Lipinski definition) is 3. The molecule has 104 valence electrons. The first-order valence-electron chi connectivity index (χ1n) is 6.60. The summed E-state index contributed by atoms with van der Waals surface area (Å²) in [6.07, 6.45) is 0.968. The third-order valence-electron chi connectivity index (χ3n) is 3.12. The summed E-state index contributed by atoms with van der Waals surface area (Å²) < 4.78 is 5.09. The van der Waals surface area contributed by atoms with Crippen LogP contribution in [0.4, 0.5) is 0 Å². The molecule has 0 saturated carbocycles. The molecule has 5 nitrogen and oxygen atoms in total. The number of carbonyl (C=O) groups is 1. The molecule has 1 aromatic carbocycles. The molecule has 1 aliphatic rings. The second-order valence-corrected chi connectivity index (χ2v) is 4.50. The molecule has 0 bridgehead atoms. The first-order valence-corrected chi connectivity index (χ1v) is 6.60. The lowest BCUT2D eigenvalue weighted by Crippen LogP contribution is -2.28. The van der Waals surface area contributed by atoms with E-state index in [-0.39, 0.29) is 12.5 Å². The van der Waals surface area contributed by atoms with Crippen molar-refractivity contribution in [3.63, 3.8) is 0 Å². The molecule has 0 aromatic heterocycles. The summed E-state index contributed by atoms with van der Waals surface area (Å²) in [4.78, 5) is 11.9. The smallest absolute Gasteiger partial charge is 0.251 e. The molecule has 0 atom stereocenters. The molecule has 1 aromatic rings. The molecule has 1 aliphatic heterocycles. The Hall–Kier alpha value is -1.43. The first kappa shape index (κ1) is 14.0. The number of amides is 1. The number of ether oxygens (including phenoxy) is 1. The van der Waals surface area contributed by atoms with E-state index in [2.05, 4.69) is 10.6 Å². The lowest BCUT2D eigenvalue weighted by atomic mass is 9.98. The van der Waals surface area contributed by atoms with E-state index >= 15 is 0 Å². The zero-order valence-electron chi connectivity index (χ0n) is 10.9. The van der Waals surface area contributed by atoms with E-state index in [4.69, 9.17) is 9.84 Å². The van der Waals surface area contributed by atoms with Crippen LogP contribution in [0.3, 0.4) is 0 Å². The summed E-state index contributed by atoms with van der Waals surface area (Å²) in [6.45, 7) is 3.03. The van der Waals surface area contributed by atoms with Crippen LogP contribution in [0.25, 0.3) is 0 Å². The second kappa shape index (κ2) is 7.23. The van der Waals surface area contributed by atoms with Crippen LogP contribution < -0.4 is 10.6 Å². The van der Waals surface area contributed by atoms with E-state index in [0.717, 1.165) is 19.5 Å². The highest BCUT2D eigenvalue weighted by atomic mass is 16.5. The Morgan fingerprint density at radius 1 is 1.37 bits per heavy atom. The largest absolute Gasteiger partial charge is 0.394 e. The highest BCUT2D eigenvalue weighted by molar-refractivity contribution is 5.94. The van der Waals surface area contributed by atoms with E-state index in [1.807, 2.05) is 18.2 Å². The van der Waals surface area contributed by atoms with Gasteiger partial charge in [0.25, 0.3) is 5.91 Å². The molecule has 2 rings (SSSR count). The van der Waals surface area contributed by atoms with Gasteiger partial charge in [0.1, 0.15) is 0 Å². The molecule has 1 heterocycles. The summed E-state index contributed by atoms with van der Waals surface area (Å²) in [6, 6.07) is 5.84. The van der Waals surface area contributed by atoms with Gasteiger partial charge in [-0.15, -0.1) is 0 Å². The standard InChI is InChI=1S/C14H20N2O3/c17-6-8-19-7-5-16-14(18)12-1-2-13-10-15-4-3-11(13)9-12/h1-2,9,15,17H,3-8,10H2,(H,16,18). The number of aliphatic hydroxyl groups excluding tert-OH is 1. The zero-order chi connectivity index (χ0) is 13.5. The predicted molar refractivity (Wildman–Crippen MR) is 72.1 cm³/mol. The molecule has 5 heteroatoms. The van der Waals surface area contributed by atoms with Crippen LogP contribution in [0.1, 0.15) is 21.5 Å². The number of carbonyl (C=O) groups excluding carboxylic acids is 1. The van der Waals surface area contributed by atoms with Crippen molar-refractivity contribution in [2.24, 2.45) is 0 Å². The molecular formula is C14H20N2O3. The summed E-state index contributed by atoms with van der Waals surface area (Å²) in [5.41, 5.74) is 3.22. The molecule has 0 saturated heterocycles. The van der Waals surface area contributed by atoms with E-state index in [1.54, 1.807) is 0 Å². The van der Waals surface area contributed by atoms with Crippen molar-refractivity contribution in [1.29, 1.82) is 0 Å². The number of nitrogens with one attached hydrogen (secondary N) is 2. The third kappa shape index (κ3) is 4.02. The first-order chi connectivity index (χ1) is 9.31. The average Bonchev–Trinajstić information content (AvgIpc) is 2.46. The van der Waals surface area contributed by atoms with Crippen molar-refractivity contribution in [3.8, 4) is 0 Å². The Morgan fingerprint density at radius 2 is 2.26 bits per heavy atom. The van der Waals surface area contributed by atoms with Crippen LogP contribution >= 0.6 is 0 Å². The van der Waals surface area contributed by atoms with Crippen LogP contribution in [0.2, 0.25) is 0 Å². The lowest BCUT2D eigenvalue weighted by Gasteiger charge is -2.17. The van der Waals surface area contributed by atoms with Gasteiger partial charge in [0.2, 0.25) is 0 Å². The van der Waals surface area contributed by atoms with Crippen LogP contribution in [0, 0.1) is 0 Å². The number of aliphatic hydroxyl groups is 1. The zero-order valence-corrected chi connectivity index (χ0v) is 10.9. The van der Waals surface area contributed by atoms with Gasteiger partial charge in [0.15, 0.2) is 0 Å². The molecule has 0 spiro atoms. The minimum atomic E-state index is -0.0751. The quantitative estimate of drug-likeness (QED) is 0.636. The highest BCUT2D eigenvalue weighted by Gasteiger charge is 2.12. The fourth-order valence-electron chi connectivity index (χ4n) is 2.12. The number of hydrogen-bond acceptors (Lipinski definition) is 4. The maximum absolute atomic E-state index is 11.9. The van der Waals surface area contributed by atoms with Gasteiger partial charge in [-0.05, 0) is 36.2 Å².